The third-order valence-corrected chi connectivity index (χ3v) is 6.28. The minimum absolute atomic E-state index is 0.0493. The van der Waals surface area contributed by atoms with Crippen molar-refractivity contribution in [2.24, 2.45) is 0 Å². The van der Waals surface area contributed by atoms with Crippen LogP contribution in [0.25, 0.3) is 10.9 Å². The Hall–Kier alpha value is -2.65. The number of amides is 1. The van der Waals surface area contributed by atoms with Crippen LogP contribution in [0.2, 0.25) is 0 Å². The summed E-state index contributed by atoms with van der Waals surface area (Å²) in [5.74, 6) is 1.38. The van der Waals surface area contributed by atoms with Crippen LogP contribution < -0.4 is 20.3 Å². The van der Waals surface area contributed by atoms with Crippen molar-refractivity contribution in [3.63, 3.8) is 0 Å². The van der Waals surface area contributed by atoms with Gasteiger partial charge in [0.15, 0.2) is 11.5 Å². The number of nitrogens with one attached hydrogen (secondary N) is 1. The number of rotatable bonds is 7. The quantitative estimate of drug-likeness (QED) is 0.694. The van der Waals surface area contributed by atoms with Gasteiger partial charge in [0.25, 0.3) is 5.56 Å². The molecule has 2 aliphatic rings. The third-order valence-electron chi connectivity index (χ3n) is 6.28. The van der Waals surface area contributed by atoms with E-state index in [1.807, 2.05) is 0 Å². The number of carbonyl (C=O) groups is 1. The third kappa shape index (κ3) is 5.05. The van der Waals surface area contributed by atoms with Crippen molar-refractivity contribution in [1.29, 1.82) is 0 Å². The van der Waals surface area contributed by atoms with E-state index < -0.39 is 0 Å². The molecule has 1 aromatic carbocycles. The minimum Gasteiger partial charge on any atom is -0.493 e. The van der Waals surface area contributed by atoms with E-state index in [4.69, 9.17) is 19.2 Å². The summed E-state index contributed by atoms with van der Waals surface area (Å²) >= 11 is 0. The lowest BCUT2D eigenvalue weighted by Crippen LogP contribution is -2.42. The van der Waals surface area contributed by atoms with Gasteiger partial charge in [-0.25, -0.2) is 4.98 Å². The number of ether oxygens (including phenoxy) is 3. The Morgan fingerprint density at radius 2 is 1.81 bits per heavy atom. The number of aromatic nitrogens is 2. The summed E-state index contributed by atoms with van der Waals surface area (Å²) in [6.07, 6.45) is 5.47. The molecule has 1 aliphatic carbocycles. The van der Waals surface area contributed by atoms with Crippen molar-refractivity contribution in [3.05, 3.63) is 28.3 Å². The van der Waals surface area contributed by atoms with Gasteiger partial charge in [0.2, 0.25) is 5.91 Å². The van der Waals surface area contributed by atoms with Crippen molar-refractivity contribution in [2.75, 3.05) is 40.5 Å². The maximum absolute atomic E-state index is 13.5. The molecule has 1 saturated carbocycles. The molecule has 0 bridgehead atoms. The summed E-state index contributed by atoms with van der Waals surface area (Å²) in [5.41, 5.74) is 0.276. The molecule has 0 atom stereocenters. The molecule has 1 aromatic heterocycles. The molecule has 1 N–H and O–H groups in total. The zero-order valence-electron chi connectivity index (χ0n) is 18.9. The molecule has 9 heteroatoms. The normalized spacial score (nSPS) is 17.9. The van der Waals surface area contributed by atoms with Crippen molar-refractivity contribution in [2.45, 2.75) is 51.2 Å². The van der Waals surface area contributed by atoms with E-state index in [9.17, 15) is 9.59 Å². The van der Waals surface area contributed by atoms with Crippen LogP contribution in [0.3, 0.4) is 0 Å². The van der Waals surface area contributed by atoms with E-state index in [0.717, 1.165) is 38.8 Å². The van der Waals surface area contributed by atoms with Gasteiger partial charge in [-0.05, 0) is 18.9 Å². The topological polar surface area (TPSA) is 94.9 Å². The smallest absolute Gasteiger partial charge is 0.262 e. The number of methoxy groups -OCH3 is 2. The zero-order valence-corrected chi connectivity index (χ0v) is 18.9. The lowest BCUT2D eigenvalue weighted by molar-refractivity contribution is -0.122. The second-order valence-corrected chi connectivity index (χ2v) is 8.43. The maximum atomic E-state index is 13.5. The largest absolute Gasteiger partial charge is 0.493 e. The standard InChI is InChI=1S/C23H32N4O5/c1-30-19-12-17-18(13-20(19)31-2)25-21(14-26-8-10-32-11-9-26)27(23(17)29)15-22(28)24-16-6-4-3-5-7-16/h12-13,16H,3-11,14-15H2,1-2H3,(H,24,28). The van der Waals surface area contributed by atoms with Crippen LogP contribution in [-0.4, -0.2) is 66.9 Å². The minimum atomic E-state index is -0.252. The highest BCUT2D eigenvalue weighted by molar-refractivity contribution is 5.82. The van der Waals surface area contributed by atoms with Gasteiger partial charge in [0.1, 0.15) is 12.4 Å². The van der Waals surface area contributed by atoms with Gasteiger partial charge in [-0.15, -0.1) is 0 Å². The summed E-state index contributed by atoms with van der Waals surface area (Å²) in [6, 6.07) is 3.54. The molecule has 9 nitrogen and oxygen atoms in total. The van der Waals surface area contributed by atoms with Gasteiger partial charge in [0, 0.05) is 25.2 Å². The Bertz CT molecular complexity index is 1010. The van der Waals surface area contributed by atoms with Crippen LogP contribution >= 0.6 is 0 Å². The molecule has 4 rings (SSSR count). The first-order valence-corrected chi connectivity index (χ1v) is 11.3. The van der Waals surface area contributed by atoms with Crippen molar-refractivity contribution in [3.8, 4) is 11.5 Å². The van der Waals surface area contributed by atoms with Gasteiger partial charge in [-0.3, -0.25) is 19.1 Å². The fourth-order valence-corrected chi connectivity index (χ4v) is 4.50. The molecule has 2 heterocycles. The second kappa shape index (κ2) is 10.3. The Balaban J connectivity index is 1.69. The summed E-state index contributed by atoms with van der Waals surface area (Å²) in [5, 5.41) is 3.51. The maximum Gasteiger partial charge on any atom is 0.262 e. The molecule has 1 saturated heterocycles. The van der Waals surface area contributed by atoms with E-state index in [0.29, 0.717) is 48.0 Å². The number of carbonyl (C=O) groups excluding carboxylic acids is 1. The van der Waals surface area contributed by atoms with E-state index in [2.05, 4.69) is 10.2 Å². The number of hydrogen-bond acceptors (Lipinski definition) is 7. The van der Waals surface area contributed by atoms with E-state index in [1.54, 1.807) is 19.2 Å². The Morgan fingerprint density at radius 1 is 1.12 bits per heavy atom. The highest BCUT2D eigenvalue weighted by atomic mass is 16.5. The number of fused-ring (bicyclic) bond motifs is 1. The predicted octanol–water partition coefficient (Wildman–Crippen LogP) is 1.69. The summed E-state index contributed by atoms with van der Waals surface area (Å²) in [4.78, 5) is 33.3. The first-order chi connectivity index (χ1) is 15.6. The van der Waals surface area contributed by atoms with Crippen molar-refractivity contribution in [1.82, 2.24) is 19.8 Å². The summed E-state index contributed by atoms with van der Waals surface area (Å²) in [6.45, 7) is 3.23. The average molecular weight is 445 g/mol. The highest BCUT2D eigenvalue weighted by Gasteiger charge is 2.21. The first-order valence-electron chi connectivity index (χ1n) is 11.3. The summed E-state index contributed by atoms with van der Waals surface area (Å²) < 4.78 is 17.7. The van der Waals surface area contributed by atoms with E-state index in [1.165, 1.54) is 18.1 Å². The van der Waals surface area contributed by atoms with Crippen LogP contribution in [-0.2, 0) is 22.6 Å². The number of nitrogens with zero attached hydrogens (tertiary/aromatic N) is 3. The molecule has 1 amide bonds. The van der Waals surface area contributed by atoms with Crippen LogP contribution in [0, 0.1) is 0 Å². The molecule has 0 unspecified atom stereocenters. The van der Waals surface area contributed by atoms with Gasteiger partial charge in [-0.1, -0.05) is 19.3 Å². The van der Waals surface area contributed by atoms with Crippen LogP contribution in [0.1, 0.15) is 37.9 Å². The van der Waals surface area contributed by atoms with E-state index >= 15 is 0 Å². The molecule has 0 radical (unpaired) electrons. The molecule has 174 valence electrons. The number of hydrogen-bond donors (Lipinski definition) is 1. The zero-order chi connectivity index (χ0) is 22.5. The Kier molecular flexibility index (Phi) is 7.26. The highest BCUT2D eigenvalue weighted by Crippen LogP contribution is 2.30. The number of morpholine rings is 1. The molecule has 32 heavy (non-hydrogen) atoms. The Morgan fingerprint density at radius 3 is 2.50 bits per heavy atom. The van der Waals surface area contributed by atoms with Crippen molar-refractivity contribution < 1.29 is 19.0 Å². The molecular formula is C23H32N4O5. The van der Waals surface area contributed by atoms with Gasteiger partial charge >= 0.3 is 0 Å². The monoisotopic (exact) mass is 444 g/mol. The fraction of sp³-hybridized carbons (Fsp3) is 0.609. The molecular weight excluding hydrogens is 412 g/mol. The van der Waals surface area contributed by atoms with Crippen LogP contribution in [0.4, 0.5) is 0 Å². The predicted molar refractivity (Wildman–Crippen MR) is 120 cm³/mol. The first kappa shape index (κ1) is 22.5. The SMILES string of the molecule is COc1cc2nc(CN3CCOCC3)n(CC(=O)NC3CCCCC3)c(=O)c2cc1OC. The molecule has 1 aliphatic heterocycles. The molecule has 2 fully saturated rings. The van der Waals surface area contributed by atoms with Gasteiger partial charge < -0.3 is 19.5 Å². The number of benzene rings is 1. The lowest BCUT2D eigenvalue weighted by Gasteiger charge is -2.27. The van der Waals surface area contributed by atoms with E-state index in [-0.39, 0.29) is 24.1 Å². The molecule has 0 spiro atoms. The fourth-order valence-electron chi connectivity index (χ4n) is 4.50. The Labute approximate surface area is 187 Å². The molecule has 2 aromatic rings. The van der Waals surface area contributed by atoms with Gasteiger partial charge in [-0.2, -0.15) is 0 Å². The van der Waals surface area contributed by atoms with Crippen LogP contribution in [0.15, 0.2) is 16.9 Å². The van der Waals surface area contributed by atoms with Crippen LogP contribution in [0.5, 0.6) is 11.5 Å². The summed E-state index contributed by atoms with van der Waals surface area (Å²) in [7, 11) is 3.08. The lowest BCUT2D eigenvalue weighted by atomic mass is 9.95. The van der Waals surface area contributed by atoms with Gasteiger partial charge in [0.05, 0.1) is 44.9 Å². The second-order valence-electron chi connectivity index (χ2n) is 8.43. The van der Waals surface area contributed by atoms with Crippen molar-refractivity contribution >= 4 is 16.8 Å². The average Bonchev–Trinajstić information content (AvgIpc) is 2.82.